The molecule has 0 aromatic carbocycles. The van der Waals surface area contributed by atoms with E-state index in [2.05, 4.69) is 20.8 Å². The standard InChI is InChI=1S/C13H27NO/c1-4-5-12(3)10-13(15)7-6-11(2)8-9-14/h11-12H,4-10,14H2,1-3H3. The molecule has 0 bridgehead atoms. The van der Waals surface area contributed by atoms with Crippen LogP contribution in [0.2, 0.25) is 0 Å². The van der Waals surface area contributed by atoms with Crippen LogP contribution in [0.15, 0.2) is 0 Å². The van der Waals surface area contributed by atoms with Crippen molar-refractivity contribution >= 4 is 5.78 Å². The van der Waals surface area contributed by atoms with Crippen LogP contribution in [0, 0.1) is 11.8 Å². The van der Waals surface area contributed by atoms with Crippen LogP contribution in [0.5, 0.6) is 0 Å². The molecular weight excluding hydrogens is 186 g/mol. The van der Waals surface area contributed by atoms with Crippen LogP contribution < -0.4 is 5.73 Å². The molecule has 0 aliphatic carbocycles. The summed E-state index contributed by atoms with van der Waals surface area (Å²) >= 11 is 0. The third-order valence-corrected chi connectivity index (χ3v) is 2.93. The SMILES string of the molecule is CCCC(C)CC(=O)CCC(C)CCN. The zero-order valence-corrected chi connectivity index (χ0v) is 10.6. The lowest BCUT2D eigenvalue weighted by atomic mass is 9.94. The minimum atomic E-state index is 0.430. The molecule has 0 aliphatic rings. The molecule has 0 aromatic heterocycles. The van der Waals surface area contributed by atoms with Crippen molar-refractivity contribution < 1.29 is 4.79 Å². The first-order chi connectivity index (χ1) is 7.10. The summed E-state index contributed by atoms with van der Waals surface area (Å²) in [5.41, 5.74) is 5.47. The minimum absolute atomic E-state index is 0.430. The molecule has 0 heterocycles. The lowest BCUT2D eigenvalue weighted by Gasteiger charge is -2.11. The van der Waals surface area contributed by atoms with E-state index in [0.29, 0.717) is 17.6 Å². The molecule has 0 radical (unpaired) electrons. The van der Waals surface area contributed by atoms with Crippen LogP contribution in [0.1, 0.15) is 59.3 Å². The van der Waals surface area contributed by atoms with Crippen LogP contribution in [0.3, 0.4) is 0 Å². The Morgan fingerprint density at radius 2 is 1.80 bits per heavy atom. The summed E-state index contributed by atoms with van der Waals surface area (Å²) < 4.78 is 0. The second-order valence-corrected chi connectivity index (χ2v) is 4.86. The fourth-order valence-corrected chi connectivity index (χ4v) is 1.92. The molecule has 0 fully saturated rings. The zero-order valence-electron chi connectivity index (χ0n) is 10.6. The van der Waals surface area contributed by atoms with Gasteiger partial charge in [-0.25, -0.2) is 0 Å². The van der Waals surface area contributed by atoms with Crippen molar-refractivity contribution in [2.24, 2.45) is 17.6 Å². The van der Waals surface area contributed by atoms with Crippen molar-refractivity contribution in [1.29, 1.82) is 0 Å². The molecule has 0 aromatic rings. The van der Waals surface area contributed by atoms with Crippen molar-refractivity contribution in [3.63, 3.8) is 0 Å². The summed E-state index contributed by atoms with van der Waals surface area (Å²) in [5.74, 6) is 1.59. The lowest BCUT2D eigenvalue weighted by molar-refractivity contribution is -0.120. The molecule has 0 amide bonds. The quantitative estimate of drug-likeness (QED) is 0.639. The molecule has 2 unspecified atom stereocenters. The average Bonchev–Trinajstić information content (AvgIpc) is 2.15. The molecule has 2 N–H and O–H groups in total. The predicted molar refractivity (Wildman–Crippen MR) is 65.8 cm³/mol. The molecule has 0 rings (SSSR count). The smallest absolute Gasteiger partial charge is 0.133 e. The highest BCUT2D eigenvalue weighted by Crippen LogP contribution is 2.15. The van der Waals surface area contributed by atoms with Crippen molar-refractivity contribution in [3.05, 3.63) is 0 Å². The maximum Gasteiger partial charge on any atom is 0.133 e. The molecule has 90 valence electrons. The highest BCUT2D eigenvalue weighted by atomic mass is 16.1. The van der Waals surface area contributed by atoms with Gasteiger partial charge in [0.05, 0.1) is 0 Å². The molecule has 2 heteroatoms. The van der Waals surface area contributed by atoms with Crippen molar-refractivity contribution in [3.8, 4) is 0 Å². The van der Waals surface area contributed by atoms with E-state index in [9.17, 15) is 4.79 Å². The number of hydrogen-bond donors (Lipinski definition) is 1. The zero-order chi connectivity index (χ0) is 11.7. The first kappa shape index (κ1) is 14.6. The maximum absolute atomic E-state index is 11.6. The average molecular weight is 213 g/mol. The number of ketones is 1. The van der Waals surface area contributed by atoms with E-state index in [-0.39, 0.29) is 0 Å². The number of carbonyl (C=O) groups is 1. The van der Waals surface area contributed by atoms with Crippen molar-refractivity contribution in [2.45, 2.75) is 59.3 Å². The Morgan fingerprint density at radius 3 is 2.33 bits per heavy atom. The lowest BCUT2D eigenvalue weighted by Crippen LogP contribution is -2.10. The topological polar surface area (TPSA) is 43.1 Å². The summed E-state index contributed by atoms with van der Waals surface area (Å²) in [4.78, 5) is 11.6. The third kappa shape index (κ3) is 8.61. The summed E-state index contributed by atoms with van der Waals surface area (Å²) in [5, 5.41) is 0. The van der Waals surface area contributed by atoms with Crippen LogP contribution >= 0.6 is 0 Å². The van der Waals surface area contributed by atoms with Gasteiger partial charge >= 0.3 is 0 Å². The van der Waals surface area contributed by atoms with Gasteiger partial charge in [0.2, 0.25) is 0 Å². The Balaban J connectivity index is 3.56. The summed E-state index contributed by atoms with van der Waals surface area (Å²) in [6.07, 6.45) is 5.91. The number of nitrogens with two attached hydrogens (primary N) is 1. The first-order valence-corrected chi connectivity index (χ1v) is 6.31. The maximum atomic E-state index is 11.6. The van der Waals surface area contributed by atoms with Gasteiger partial charge in [0, 0.05) is 12.8 Å². The van der Waals surface area contributed by atoms with E-state index >= 15 is 0 Å². The highest BCUT2D eigenvalue weighted by Gasteiger charge is 2.10. The largest absolute Gasteiger partial charge is 0.330 e. The van der Waals surface area contributed by atoms with Crippen LogP contribution in [-0.4, -0.2) is 12.3 Å². The first-order valence-electron chi connectivity index (χ1n) is 6.31. The van der Waals surface area contributed by atoms with Gasteiger partial charge in [-0.1, -0.05) is 33.6 Å². The van der Waals surface area contributed by atoms with Gasteiger partial charge in [-0.05, 0) is 31.2 Å². The summed E-state index contributed by atoms with van der Waals surface area (Å²) in [6.45, 7) is 7.26. The Morgan fingerprint density at radius 1 is 1.13 bits per heavy atom. The normalized spacial score (nSPS) is 14.9. The van der Waals surface area contributed by atoms with E-state index in [4.69, 9.17) is 5.73 Å². The van der Waals surface area contributed by atoms with E-state index in [1.165, 1.54) is 12.8 Å². The Kier molecular flexibility index (Phi) is 8.68. The Labute approximate surface area is 94.6 Å². The second kappa shape index (κ2) is 8.90. The Hall–Kier alpha value is -0.370. The fraction of sp³-hybridized carbons (Fsp3) is 0.923. The number of carbonyl (C=O) groups excluding carboxylic acids is 1. The van der Waals surface area contributed by atoms with Crippen molar-refractivity contribution in [1.82, 2.24) is 0 Å². The Bertz CT molecular complexity index is 168. The van der Waals surface area contributed by atoms with Gasteiger partial charge in [0.1, 0.15) is 5.78 Å². The monoisotopic (exact) mass is 213 g/mol. The van der Waals surface area contributed by atoms with Gasteiger partial charge in [0.25, 0.3) is 0 Å². The molecule has 0 saturated heterocycles. The van der Waals surface area contributed by atoms with Gasteiger partial charge < -0.3 is 5.73 Å². The van der Waals surface area contributed by atoms with Crippen molar-refractivity contribution in [2.75, 3.05) is 6.54 Å². The van der Waals surface area contributed by atoms with Crippen LogP contribution in [-0.2, 0) is 4.79 Å². The predicted octanol–water partition coefficient (Wildman–Crippen LogP) is 3.15. The van der Waals surface area contributed by atoms with E-state index < -0.39 is 0 Å². The fourth-order valence-electron chi connectivity index (χ4n) is 1.92. The molecule has 2 nitrogen and oxygen atoms in total. The van der Waals surface area contributed by atoms with Gasteiger partial charge in [-0.2, -0.15) is 0 Å². The van der Waals surface area contributed by atoms with Gasteiger partial charge in [-0.15, -0.1) is 0 Å². The van der Waals surface area contributed by atoms with E-state index in [1.54, 1.807) is 0 Å². The third-order valence-electron chi connectivity index (χ3n) is 2.93. The van der Waals surface area contributed by atoms with E-state index in [1.807, 2.05) is 0 Å². The number of Topliss-reactive ketones (excluding diaryl/α,β-unsaturated/α-hetero) is 1. The molecule has 2 atom stereocenters. The van der Waals surface area contributed by atoms with Gasteiger partial charge in [0.15, 0.2) is 0 Å². The number of rotatable bonds is 9. The molecule has 0 saturated carbocycles. The second-order valence-electron chi connectivity index (χ2n) is 4.86. The van der Waals surface area contributed by atoms with Gasteiger partial charge in [-0.3, -0.25) is 4.79 Å². The van der Waals surface area contributed by atoms with E-state index in [0.717, 1.165) is 32.2 Å². The van der Waals surface area contributed by atoms with Crippen LogP contribution in [0.4, 0.5) is 0 Å². The minimum Gasteiger partial charge on any atom is -0.330 e. The number of hydrogen-bond acceptors (Lipinski definition) is 2. The molecule has 0 aliphatic heterocycles. The molecular formula is C13H27NO. The molecule has 0 spiro atoms. The van der Waals surface area contributed by atoms with Crippen LogP contribution in [0.25, 0.3) is 0 Å². The summed E-state index contributed by atoms with van der Waals surface area (Å²) in [6, 6.07) is 0. The highest BCUT2D eigenvalue weighted by molar-refractivity contribution is 5.78. The molecule has 15 heavy (non-hydrogen) atoms. The summed E-state index contributed by atoms with van der Waals surface area (Å²) in [7, 11) is 0.